The van der Waals surface area contributed by atoms with E-state index in [1.807, 2.05) is 4.90 Å². The zero-order valence-electron chi connectivity index (χ0n) is 12.9. The number of aliphatic imine (C=N–C) groups is 2. The van der Waals surface area contributed by atoms with Gasteiger partial charge in [0, 0.05) is 6.07 Å². The molecule has 23 heavy (non-hydrogen) atoms. The summed E-state index contributed by atoms with van der Waals surface area (Å²) in [6, 6.07) is 3.41. The van der Waals surface area contributed by atoms with Gasteiger partial charge in [-0.25, -0.2) is 4.99 Å². The van der Waals surface area contributed by atoms with Gasteiger partial charge >= 0.3 is 0 Å². The molecule has 0 unspecified atom stereocenters. The predicted octanol–water partition coefficient (Wildman–Crippen LogP) is 3.11. The second-order valence-electron chi connectivity index (χ2n) is 5.76. The van der Waals surface area contributed by atoms with E-state index in [9.17, 15) is 0 Å². The number of guanidine groups is 2. The van der Waals surface area contributed by atoms with Gasteiger partial charge in [0.05, 0.1) is 22.8 Å². The average Bonchev–Trinajstić information content (AvgIpc) is 2.49. The number of rotatable bonds is 2. The molecule has 124 valence electrons. The molecule has 4 N–H and O–H groups in total. The van der Waals surface area contributed by atoms with Crippen LogP contribution in [0.25, 0.3) is 0 Å². The Hall–Kier alpha value is -1.66. The van der Waals surface area contributed by atoms with Gasteiger partial charge in [-0.1, -0.05) is 29.6 Å². The molecule has 1 aliphatic heterocycles. The molecule has 0 amide bonds. The van der Waals surface area contributed by atoms with Crippen molar-refractivity contribution < 1.29 is 4.74 Å². The first-order valence-corrected chi connectivity index (χ1v) is 8.25. The van der Waals surface area contributed by atoms with Crippen molar-refractivity contribution in [1.82, 2.24) is 0 Å². The second kappa shape index (κ2) is 6.09. The van der Waals surface area contributed by atoms with Crippen LogP contribution in [0.5, 0.6) is 5.75 Å². The van der Waals surface area contributed by atoms with Crippen LogP contribution in [-0.4, -0.2) is 24.7 Å². The Morgan fingerprint density at radius 3 is 2.48 bits per heavy atom. The number of methoxy groups -OCH3 is 1. The number of anilines is 1. The Bertz CT molecular complexity index is 683. The molecule has 3 rings (SSSR count). The summed E-state index contributed by atoms with van der Waals surface area (Å²) in [7, 11) is 1.55. The molecule has 1 heterocycles. The molecule has 1 aliphatic carbocycles. The fourth-order valence-electron chi connectivity index (χ4n) is 3.32. The summed E-state index contributed by atoms with van der Waals surface area (Å²) in [6.07, 6.45) is 4.93. The van der Waals surface area contributed by atoms with Gasteiger partial charge in [0.15, 0.2) is 0 Å². The Morgan fingerprint density at radius 2 is 1.83 bits per heavy atom. The first-order chi connectivity index (χ1) is 11.0. The Balaban J connectivity index is 2.14. The van der Waals surface area contributed by atoms with E-state index in [0.29, 0.717) is 21.5 Å². The molecule has 0 saturated heterocycles. The zero-order valence-corrected chi connectivity index (χ0v) is 14.4. The highest BCUT2D eigenvalue weighted by Crippen LogP contribution is 2.44. The Labute approximate surface area is 145 Å². The topological polar surface area (TPSA) is 89.2 Å². The van der Waals surface area contributed by atoms with Crippen LogP contribution in [0.1, 0.15) is 32.1 Å². The predicted molar refractivity (Wildman–Crippen MR) is 94.6 cm³/mol. The fraction of sp³-hybridized carbons (Fsp3) is 0.467. The third-order valence-corrected chi connectivity index (χ3v) is 4.91. The van der Waals surface area contributed by atoms with Crippen molar-refractivity contribution in [3.63, 3.8) is 0 Å². The molecule has 1 aromatic rings. The number of hydrogen-bond donors (Lipinski definition) is 2. The monoisotopic (exact) mass is 355 g/mol. The number of nitrogens with zero attached hydrogens (tertiary/aromatic N) is 3. The molecule has 8 heteroatoms. The van der Waals surface area contributed by atoms with Gasteiger partial charge in [0.2, 0.25) is 11.9 Å². The van der Waals surface area contributed by atoms with E-state index in [1.54, 1.807) is 19.2 Å². The molecular formula is C15H19Cl2N5O. The molecule has 1 saturated carbocycles. The van der Waals surface area contributed by atoms with Crippen molar-refractivity contribution >= 4 is 40.8 Å². The van der Waals surface area contributed by atoms with Crippen LogP contribution in [0.2, 0.25) is 10.0 Å². The quantitative estimate of drug-likeness (QED) is 0.852. The summed E-state index contributed by atoms with van der Waals surface area (Å²) in [4.78, 5) is 10.6. The highest BCUT2D eigenvalue weighted by Gasteiger charge is 2.43. The first-order valence-electron chi connectivity index (χ1n) is 7.49. The summed E-state index contributed by atoms with van der Waals surface area (Å²) in [6.45, 7) is 0. The standard InChI is InChI=1S/C15H19Cl2N5O/c1-23-12-8-11(9(16)7-10(12)17)22-14(19)20-13(18)21-15(22)5-3-2-4-6-15/h7-8H,2-6H2,1H3,(H4,18,19,20,21). The lowest BCUT2D eigenvalue weighted by atomic mass is 9.87. The molecule has 2 aliphatic rings. The van der Waals surface area contributed by atoms with Crippen molar-refractivity contribution in [1.29, 1.82) is 0 Å². The van der Waals surface area contributed by atoms with Crippen LogP contribution >= 0.6 is 23.2 Å². The smallest absolute Gasteiger partial charge is 0.220 e. The molecule has 0 aromatic heterocycles. The van der Waals surface area contributed by atoms with Crippen LogP contribution in [-0.2, 0) is 0 Å². The molecule has 1 spiro atoms. The lowest BCUT2D eigenvalue weighted by molar-refractivity contribution is 0.305. The summed E-state index contributed by atoms with van der Waals surface area (Å²) in [5, 5.41) is 0.907. The average molecular weight is 356 g/mol. The van der Waals surface area contributed by atoms with Crippen LogP contribution < -0.4 is 21.1 Å². The number of ether oxygens (including phenoxy) is 1. The molecule has 0 atom stereocenters. The molecule has 6 nitrogen and oxygen atoms in total. The molecule has 0 bridgehead atoms. The van der Waals surface area contributed by atoms with E-state index in [-0.39, 0.29) is 11.9 Å². The van der Waals surface area contributed by atoms with E-state index in [0.717, 1.165) is 25.7 Å². The molecule has 1 fully saturated rings. The zero-order chi connectivity index (χ0) is 16.6. The molecule has 0 radical (unpaired) electrons. The van der Waals surface area contributed by atoms with Crippen LogP contribution in [0.3, 0.4) is 0 Å². The van der Waals surface area contributed by atoms with E-state index < -0.39 is 5.66 Å². The molecular weight excluding hydrogens is 337 g/mol. The summed E-state index contributed by atoms with van der Waals surface area (Å²) < 4.78 is 5.31. The van der Waals surface area contributed by atoms with Crippen molar-refractivity contribution in [3.8, 4) is 5.75 Å². The minimum Gasteiger partial charge on any atom is -0.495 e. The highest BCUT2D eigenvalue weighted by molar-refractivity contribution is 6.37. The molecule has 1 aromatic carbocycles. The van der Waals surface area contributed by atoms with Gasteiger partial charge in [-0.15, -0.1) is 0 Å². The van der Waals surface area contributed by atoms with Gasteiger partial charge in [0.1, 0.15) is 11.4 Å². The highest BCUT2D eigenvalue weighted by atomic mass is 35.5. The van der Waals surface area contributed by atoms with Gasteiger partial charge in [0.25, 0.3) is 0 Å². The SMILES string of the molecule is COc1cc(N2C(N)=NC(N)=NC23CCCCC3)c(Cl)cc1Cl. The lowest BCUT2D eigenvalue weighted by Gasteiger charge is -2.45. The number of benzene rings is 1. The van der Waals surface area contributed by atoms with Crippen molar-refractivity contribution in [3.05, 3.63) is 22.2 Å². The summed E-state index contributed by atoms with van der Waals surface area (Å²) >= 11 is 12.6. The number of halogens is 2. The normalized spacial score (nSPS) is 20.2. The van der Waals surface area contributed by atoms with Crippen LogP contribution in [0.15, 0.2) is 22.1 Å². The van der Waals surface area contributed by atoms with Crippen molar-refractivity contribution in [2.75, 3.05) is 12.0 Å². The minimum absolute atomic E-state index is 0.206. The maximum Gasteiger partial charge on any atom is 0.220 e. The van der Waals surface area contributed by atoms with Gasteiger partial charge in [-0.3, -0.25) is 4.90 Å². The minimum atomic E-state index is -0.545. The Kier molecular flexibility index (Phi) is 4.29. The second-order valence-corrected chi connectivity index (χ2v) is 6.57. The van der Waals surface area contributed by atoms with Crippen molar-refractivity contribution in [2.45, 2.75) is 37.8 Å². The summed E-state index contributed by atoms with van der Waals surface area (Å²) in [5.41, 5.74) is 12.2. The lowest BCUT2D eigenvalue weighted by Crippen LogP contribution is -2.58. The van der Waals surface area contributed by atoms with Crippen LogP contribution in [0.4, 0.5) is 5.69 Å². The van der Waals surface area contributed by atoms with Crippen molar-refractivity contribution in [2.24, 2.45) is 21.5 Å². The maximum absolute atomic E-state index is 6.42. The number of hydrogen-bond acceptors (Lipinski definition) is 6. The first kappa shape index (κ1) is 16.2. The van der Waals surface area contributed by atoms with E-state index >= 15 is 0 Å². The van der Waals surface area contributed by atoms with Gasteiger partial charge in [-0.05, 0) is 31.7 Å². The van der Waals surface area contributed by atoms with Crippen LogP contribution in [0, 0.1) is 0 Å². The number of nitrogens with two attached hydrogens (primary N) is 2. The fourth-order valence-corrected chi connectivity index (χ4v) is 3.86. The maximum atomic E-state index is 6.42. The van der Waals surface area contributed by atoms with E-state index in [4.69, 9.17) is 39.4 Å². The van der Waals surface area contributed by atoms with E-state index in [2.05, 4.69) is 9.98 Å². The third-order valence-electron chi connectivity index (χ3n) is 4.31. The third kappa shape index (κ3) is 2.81. The van der Waals surface area contributed by atoms with E-state index in [1.165, 1.54) is 6.42 Å². The van der Waals surface area contributed by atoms with Gasteiger partial charge in [-0.2, -0.15) is 4.99 Å². The Morgan fingerprint density at radius 1 is 1.13 bits per heavy atom. The largest absolute Gasteiger partial charge is 0.495 e. The van der Waals surface area contributed by atoms with Gasteiger partial charge < -0.3 is 16.2 Å². The summed E-state index contributed by atoms with van der Waals surface area (Å²) in [5.74, 6) is 1.01.